The van der Waals surface area contributed by atoms with Crippen molar-refractivity contribution in [3.63, 3.8) is 0 Å². The number of carbonyl (C=O) groups excluding carboxylic acids is 3. The molecule has 6 aromatic rings. The number of fused-ring (bicyclic) bond motifs is 1. The van der Waals surface area contributed by atoms with Crippen LogP contribution in [0.15, 0.2) is 91.0 Å². The topological polar surface area (TPSA) is 189 Å². The van der Waals surface area contributed by atoms with Crippen molar-refractivity contribution in [1.29, 1.82) is 0 Å². The molecule has 1 fully saturated rings. The molecule has 0 radical (unpaired) electrons. The zero-order valence-electron chi connectivity index (χ0n) is 35.6. The fourth-order valence-electron chi connectivity index (χ4n) is 8.26. The van der Waals surface area contributed by atoms with E-state index in [0.29, 0.717) is 49.4 Å². The van der Waals surface area contributed by atoms with Gasteiger partial charge in [0.05, 0.1) is 5.56 Å². The standard InChI is InChI=1S/C48H54N8O6/c1-5-49-47(60)46-52-51-45(40-26-39(30(2)3)42(57)27-43(40)58)56(46)36-17-14-33(15-18-36)28-54-23-20-35(21-24-54)48(61)55(25-22-37-31(4)50-41-9-7-6-8-38(37)41)29-34-12-10-32(11-13-34)16-19-44(59)53-62/h6-19,26-27,30,35,50,57-58,62H,5,20-25,28-29H2,1-4H3,(H,49,60)(H,53,59). The number of aromatic nitrogens is 4. The smallest absolute Gasteiger partial charge is 0.289 e. The number of nitrogens with zero attached hydrogens (tertiary/aromatic N) is 5. The molecular formula is C48H54N8O6. The molecule has 6 N–H and O–H groups in total. The van der Waals surface area contributed by atoms with Crippen LogP contribution >= 0.6 is 0 Å². The molecule has 3 amide bonds. The van der Waals surface area contributed by atoms with Crippen molar-refractivity contribution in [2.24, 2.45) is 5.92 Å². The van der Waals surface area contributed by atoms with Crippen molar-refractivity contribution < 1.29 is 29.8 Å². The van der Waals surface area contributed by atoms with Crippen molar-refractivity contribution in [2.75, 3.05) is 26.2 Å². The van der Waals surface area contributed by atoms with Gasteiger partial charge in [-0.2, -0.15) is 0 Å². The van der Waals surface area contributed by atoms with Crippen molar-refractivity contribution in [1.82, 2.24) is 40.3 Å². The van der Waals surface area contributed by atoms with Gasteiger partial charge in [-0.05, 0) is 110 Å². The van der Waals surface area contributed by atoms with E-state index >= 15 is 0 Å². The van der Waals surface area contributed by atoms with Crippen LogP contribution in [0.5, 0.6) is 11.5 Å². The number of piperidine rings is 1. The first-order valence-corrected chi connectivity index (χ1v) is 21.1. The molecule has 14 heteroatoms. The molecule has 0 spiro atoms. The molecule has 3 heterocycles. The minimum atomic E-state index is -0.609. The second kappa shape index (κ2) is 19.3. The highest BCUT2D eigenvalue weighted by atomic mass is 16.5. The molecule has 7 rings (SSSR count). The number of amides is 3. The molecule has 0 bridgehead atoms. The van der Waals surface area contributed by atoms with Crippen LogP contribution in [0.1, 0.15) is 83.7 Å². The van der Waals surface area contributed by atoms with Gasteiger partial charge in [0.15, 0.2) is 5.82 Å². The predicted molar refractivity (Wildman–Crippen MR) is 238 cm³/mol. The number of aromatic hydroxyl groups is 2. The summed E-state index contributed by atoms with van der Waals surface area (Å²) in [6.07, 6.45) is 5.04. The Bertz CT molecular complexity index is 2570. The van der Waals surface area contributed by atoms with Crippen molar-refractivity contribution in [3.05, 3.63) is 130 Å². The molecule has 0 saturated carbocycles. The number of rotatable bonds is 15. The second-order valence-corrected chi connectivity index (χ2v) is 16.2. The summed E-state index contributed by atoms with van der Waals surface area (Å²) >= 11 is 0. The lowest BCUT2D eigenvalue weighted by Crippen LogP contribution is -2.42. The Morgan fingerprint density at radius 1 is 0.935 bits per heavy atom. The Hall–Kier alpha value is -6.77. The van der Waals surface area contributed by atoms with E-state index in [1.165, 1.54) is 23.1 Å². The van der Waals surface area contributed by atoms with E-state index in [0.717, 1.165) is 53.8 Å². The molecule has 0 unspecified atom stereocenters. The number of aromatic amines is 1. The average Bonchev–Trinajstić information content (AvgIpc) is 3.85. The fraction of sp³-hybridized carbons (Fsp3) is 0.312. The molecule has 1 aliphatic rings. The van der Waals surface area contributed by atoms with Crippen molar-refractivity contribution >= 4 is 34.7 Å². The molecule has 0 atom stereocenters. The highest BCUT2D eigenvalue weighted by molar-refractivity contribution is 5.92. The van der Waals surface area contributed by atoms with E-state index in [1.54, 1.807) is 22.2 Å². The van der Waals surface area contributed by atoms with Gasteiger partial charge in [-0.25, -0.2) is 5.48 Å². The number of phenolic OH excluding ortho intramolecular Hbond substituents is 2. The summed E-state index contributed by atoms with van der Waals surface area (Å²) in [5.74, 6) is -0.870. The maximum Gasteiger partial charge on any atom is 0.289 e. The fourth-order valence-corrected chi connectivity index (χ4v) is 8.26. The SMILES string of the molecule is CCNC(=O)c1nnc(-c2cc(C(C)C)c(O)cc2O)n1-c1ccc(CN2CCC(C(=O)N(CCc3c(C)[nH]c4ccccc34)Cc3ccc(C=CC(=O)NO)cc3)CC2)cc1. The molecule has 1 aliphatic heterocycles. The number of likely N-dealkylation sites (tertiary alicyclic amines) is 1. The molecule has 2 aromatic heterocycles. The number of hydrogen-bond donors (Lipinski definition) is 6. The van der Waals surface area contributed by atoms with E-state index < -0.39 is 11.8 Å². The summed E-state index contributed by atoms with van der Waals surface area (Å²) in [6, 6.07) is 26.8. The average molecular weight is 839 g/mol. The van der Waals surface area contributed by atoms with Crippen LogP contribution in [-0.2, 0) is 29.1 Å². The quantitative estimate of drug-likeness (QED) is 0.0359. The third-order valence-electron chi connectivity index (χ3n) is 11.6. The summed E-state index contributed by atoms with van der Waals surface area (Å²) in [4.78, 5) is 46.8. The molecule has 1 saturated heterocycles. The van der Waals surface area contributed by atoms with Gasteiger partial charge in [0.1, 0.15) is 11.5 Å². The van der Waals surface area contributed by atoms with Crippen LogP contribution in [0.4, 0.5) is 0 Å². The Morgan fingerprint density at radius 3 is 2.34 bits per heavy atom. The van der Waals surface area contributed by atoms with Gasteiger partial charge in [0, 0.05) is 66.5 Å². The van der Waals surface area contributed by atoms with Gasteiger partial charge in [-0.15, -0.1) is 10.2 Å². The summed E-state index contributed by atoms with van der Waals surface area (Å²) in [7, 11) is 0. The van der Waals surface area contributed by atoms with E-state index in [2.05, 4.69) is 44.5 Å². The molecular weight excluding hydrogens is 785 g/mol. The number of hydrogen-bond acceptors (Lipinski definition) is 9. The third-order valence-corrected chi connectivity index (χ3v) is 11.6. The molecule has 14 nitrogen and oxygen atoms in total. The lowest BCUT2D eigenvalue weighted by Gasteiger charge is -2.34. The third kappa shape index (κ3) is 9.72. The van der Waals surface area contributed by atoms with Crippen LogP contribution in [-0.4, -0.2) is 88.9 Å². The molecule has 4 aromatic carbocycles. The number of hydroxylamine groups is 1. The summed E-state index contributed by atoms with van der Waals surface area (Å²) in [5.41, 5.74) is 9.46. The Balaban J connectivity index is 1.05. The van der Waals surface area contributed by atoms with Gasteiger partial charge in [0.2, 0.25) is 11.7 Å². The number of aryl methyl sites for hydroxylation is 1. The Labute approximate surface area is 360 Å². The van der Waals surface area contributed by atoms with Crippen molar-refractivity contribution in [2.45, 2.75) is 66.0 Å². The first-order valence-electron chi connectivity index (χ1n) is 21.1. The maximum atomic E-state index is 14.4. The van der Waals surface area contributed by atoms with Crippen LogP contribution in [0.25, 0.3) is 34.1 Å². The van der Waals surface area contributed by atoms with E-state index in [1.807, 2.05) is 86.3 Å². The van der Waals surface area contributed by atoms with Gasteiger partial charge in [-0.3, -0.25) is 29.1 Å². The molecule has 0 aliphatic carbocycles. The van der Waals surface area contributed by atoms with E-state index in [9.17, 15) is 24.6 Å². The van der Waals surface area contributed by atoms with Crippen LogP contribution < -0.4 is 10.8 Å². The van der Waals surface area contributed by atoms with Crippen molar-refractivity contribution in [3.8, 4) is 28.6 Å². The summed E-state index contributed by atoms with van der Waals surface area (Å²) < 4.78 is 1.62. The van der Waals surface area contributed by atoms with E-state index in [-0.39, 0.29) is 40.9 Å². The molecule has 322 valence electrons. The Kier molecular flexibility index (Phi) is 13.5. The predicted octanol–water partition coefficient (Wildman–Crippen LogP) is 7.01. The monoisotopic (exact) mass is 838 g/mol. The minimum Gasteiger partial charge on any atom is -0.508 e. The highest BCUT2D eigenvalue weighted by Gasteiger charge is 2.30. The van der Waals surface area contributed by atoms with Gasteiger partial charge in [-0.1, -0.05) is 68.4 Å². The lowest BCUT2D eigenvalue weighted by atomic mass is 9.94. The van der Waals surface area contributed by atoms with Gasteiger partial charge >= 0.3 is 0 Å². The maximum absolute atomic E-state index is 14.4. The van der Waals surface area contributed by atoms with Crippen LogP contribution in [0, 0.1) is 12.8 Å². The number of carbonyl (C=O) groups is 3. The first kappa shape index (κ1) is 43.3. The first-order chi connectivity index (χ1) is 29.9. The van der Waals surface area contributed by atoms with E-state index in [4.69, 9.17) is 5.21 Å². The van der Waals surface area contributed by atoms with Crippen LogP contribution in [0.2, 0.25) is 0 Å². The zero-order valence-corrected chi connectivity index (χ0v) is 35.6. The highest BCUT2D eigenvalue weighted by Crippen LogP contribution is 2.38. The normalized spacial score (nSPS) is 13.6. The number of para-hydroxylation sites is 1. The molecule has 62 heavy (non-hydrogen) atoms. The van der Waals surface area contributed by atoms with Gasteiger partial charge < -0.3 is 25.4 Å². The van der Waals surface area contributed by atoms with Gasteiger partial charge in [0.25, 0.3) is 11.8 Å². The number of phenols is 2. The largest absolute Gasteiger partial charge is 0.508 e. The van der Waals surface area contributed by atoms with Crippen LogP contribution in [0.3, 0.4) is 0 Å². The summed E-state index contributed by atoms with van der Waals surface area (Å²) in [6.45, 7) is 11.4. The summed E-state index contributed by atoms with van der Waals surface area (Å²) in [5, 5.41) is 42.7. The Morgan fingerprint density at radius 2 is 1.65 bits per heavy atom. The number of benzene rings is 4. The number of nitrogens with one attached hydrogen (secondary N) is 3. The zero-order chi connectivity index (χ0) is 43.9. The second-order valence-electron chi connectivity index (χ2n) is 16.2. The lowest BCUT2D eigenvalue weighted by molar-refractivity contribution is -0.137. The number of H-pyrrole nitrogens is 1. The minimum absolute atomic E-state index is 0.0202.